The maximum absolute atomic E-state index is 11.1. The highest BCUT2D eigenvalue weighted by molar-refractivity contribution is 5.66. The Balaban J connectivity index is 2.67. The van der Waals surface area contributed by atoms with Gasteiger partial charge in [-0.25, -0.2) is 4.79 Å². The van der Waals surface area contributed by atoms with Crippen molar-refractivity contribution in [2.75, 3.05) is 13.7 Å². The van der Waals surface area contributed by atoms with Crippen molar-refractivity contribution in [1.82, 2.24) is 5.32 Å². The average Bonchev–Trinajstić information content (AvgIpc) is 2.23. The zero-order chi connectivity index (χ0) is 13.8. The van der Waals surface area contributed by atoms with E-state index in [4.69, 9.17) is 10.00 Å². The number of hydrogen-bond acceptors (Lipinski definition) is 4. The van der Waals surface area contributed by atoms with E-state index in [2.05, 4.69) is 30.8 Å². The molecule has 1 saturated carbocycles. The molecule has 0 aromatic rings. The number of carbonyl (C=O) groups excluding carboxylic acids is 1. The highest BCUT2D eigenvalue weighted by Gasteiger charge is 2.42. The van der Waals surface area contributed by atoms with Crippen molar-refractivity contribution in [2.24, 2.45) is 10.8 Å². The Morgan fingerprint density at radius 1 is 1.44 bits per heavy atom. The summed E-state index contributed by atoms with van der Waals surface area (Å²) >= 11 is 0. The molecule has 2 atom stereocenters. The van der Waals surface area contributed by atoms with Gasteiger partial charge in [0.25, 0.3) is 6.26 Å². The van der Waals surface area contributed by atoms with Gasteiger partial charge in [0, 0.05) is 6.54 Å². The van der Waals surface area contributed by atoms with E-state index in [9.17, 15) is 4.79 Å². The number of methoxy groups -OCH3 is 1. The Hall–Kier alpha value is -1.44. The topological polar surface area (TPSA) is 71.3 Å². The number of nitrogens with one attached hydrogen (secondary N) is 1. The fraction of sp³-hybridized carbons (Fsp3) is 0.846. The van der Waals surface area contributed by atoms with Crippen molar-refractivity contribution < 1.29 is 14.3 Å². The largest absolute Gasteiger partial charge is 0.453 e. The summed E-state index contributed by atoms with van der Waals surface area (Å²) in [4.78, 5) is 11.1. The van der Waals surface area contributed by atoms with E-state index in [1.165, 1.54) is 7.11 Å². The third-order valence-electron chi connectivity index (χ3n) is 3.47. The summed E-state index contributed by atoms with van der Waals surface area (Å²) in [6, 6.07) is 0. The van der Waals surface area contributed by atoms with Gasteiger partial charge in [0.1, 0.15) is 6.10 Å². The van der Waals surface area contributed by atoms with E-state index in [0.29, 0.717) is 6.54 Å². The van der Waals surface area contributed by atoms with Crippen molar-refractivity contribution in [1.29, 1.82) is 5.26 Å². The first-order valence-corrected chi connectivity index (χ1v) is 6.17. The lowest BCUT2D eigenvalue weighted by atomic mass is 9.63. The van der Waals surface area contributed by atoms with Gasteiger partial charge in [0.05, 0.1) is 7.11 Å². The van der Waals surface area contributed by atoms with Crippen LogP contribution in [-0.4, -0.2) is 25.9 Å². The number of nitrogens with zero attached hydrogens (tertiary/aromatic N) is 1. The lowest BCUT2D eigenvalue weighted by Gasteiger charge is -2.45. The van der Waals surface area contributed by atoms with Crippen LogP contribution in [0.3, 0.4) is 0 Å². The molecular formula is C13H22N2O3. The maximum Gasteiger partial charge on any atom is 0.406 e. The predicted molar refractivity (Wildman–Crippen MR) is 66.6 cm³/mol. The summed E-state index contributed by atoms with van der Waals surface area (Å²) in [6.07, 6.45) is 3.91. The molecule has 18 heavy (non-hydrogen) atoms. The SMILES string of the molecule is COC(=O)NCC1(C)CC(OC#N)CC(C)(C)C1. The summed E-state index contributed by atoms with van der Waals surface area (Å²) < 4.78 is 9.69. The minimum Gasteiger partial charge on any atom is -0.453 e. The van der Waals surface area contributed by atoms with Gasteiger partial charge >= 0.3 is 6.09 Å². The molecule has 2 unspecified atom stereocenters. The highest BCUT2D eigenvalue weighted by Crippen LogP contribution is 2.46. The zero-order valence-electron chi connectivity index (χ0n) is 11.6. The number of carbonyl (C=O) groups is 1. The minimum atomic E-state index is -0.419. The minimum absolute atomic E-state index is 0.0665. The first kappa shape index (κ1) is 14.6. The second-order valence-electron chi connectivity index (χ2n) is 6.24. The van der Waals surface area contributed by atoms with E-state index >= 15 is 0 Å². The molecule has 102 valence electrons. The smallest absolute Gasteiger partial charge is 0.406 e. The van der Waals surface area contributed by atoms with Crippen LogP contribution < -0.4 is 5.32 Å². The van der Waals surface area contributed by atoms with Crippen molar-refractivity contribution >= 4 is 6.09 Å². The molecule has 1 aliphatic rings. The van der Waals surface area contributed by atoms with E-state index in [-0.39, 0.29) is 16.9 Å². The van der Waals surface area contributed by atoms with Gasteiger partial charge in [-0.05, 0) is 30.1 Å². The zero-order valence-corrected chi connectivity index (χ0v) is 11.6. The van der Waals surface area contributed by atoms with Crippen molar-refractivity contribution in [3.8, 4) is 6.26 Å². The predicted octanol–water partition coefficient (Wildman–Crippen LogP) is 2.43. The number of amides is 1. The molecule has 1 N–H and O–H groups in total. The molecule has 1 amide bonds. The van der Waals surface area contributed by atoms with Gasteiger partial charge in [-0.3, -0.25) is 0 Å². The third-order valence-corrected chi connectivity index (χ3v) is 3.47. The Morgan fingerprint density at radius 3 is 2.67 bits per heavy atom. The number of alkyl carbamates (subject to hydrolysis) is 1. The van der Waals surface area contributed by atoms with Gasteiger partial charge < -0.3 is 14.8 Å². The molecule has 0 bridgehead atoms. The molecule has 1 aliphatic carbocycles. The summed E-state index contributed by atoms with van der Waals surface area (Å²) in [6.45, 7) is 6.97. The molecular weight excluding hydrogens is 232 g/mol. The van der Waals surface area contributed by atoms with E-state index < -0.39 is 6.09 Å². The Morgan fingerprint density at radius 2 is 2.11 bits per heavy atom. The summed E-state index contributed by atoms with van der Waals surface area (Å²) in [5.41, 5.74) is 0.0315. The monoisotopic (exact) mass is 254 g/mol. The van der Waals surface area contributed by atoms with Gasteiger partial charge in [-0.1, -0.05) is 20.8 Å². The van der Waals surface area contributed by atoms with Gasteiger partial charge in [-0.15, -0.1) is 0 Å². The van der Waals surface area contributed by atoms with Crippen LogP contribution in [-0.2, 0) is 9.47 Å². The van der Waals surface area contributed by atoms with Gasteiger partial charge in [0.2, 0.25) is 0 Å². The van der Waals surface area contributed by atoms with Crippen LogP contribution in [0.2, 0.25) is 0 Å². The molecule has 5 heteroatoms. The van der Waals surface area contributed by atoms with Crippen LogP contribution in [0, 0.1) is 22.3 Å². The molecule has 0 heterocycles. The van der Waals surface area contributed by atoms with Crippen LogP contribution in [0.4, 0.5) is 4.79 Å². The quantitative estimate of drug-likeness (QED) is 0.785. The fourth-order valence-corrected chi connectivity index (χ4v) is 3.19. The van der Waals surface area contributed by atoms with Crippen LogP contribution in [0.1, 0.15) is 40.0 Å². The molecule has 0 spiro atoms. The Bertz CT molecular complexity index is 349. The molecule has 1 fully saturated rings. The lowest BCUT2D eigenvalue weighted by Crippen LogP contribution is -2.45. The maximum atomic E-state index is 11.1. The molecule has 1 rings (SSSR count). The van der Waals surface area contributed by atoms with Crippen molar-refractivity contribution in [3.63, 3.8) is 0 Å². The number of rotatable bonds is 3. The Labute approximate surface area is 108 Å². The van der Waals surface area contributed by atoms with Crippen LogP contribution >= 0.6 is 0 Å². The van der Waals surface area contributed by atoms with Crippen molar-refractivity contribution in [2.45, 2.75) is 46.1 Å². The standard InChI is InChI=1S/C13H22N2O3/c1-12(2)5-10(18-9-14)6-13(3,7-12)8-15-11(16)17-4/h10H,5-8H2,1-4H3,(H,15,16). The first-order chi connectivity index (χ1) is 8.30. The number of hydrogen-bond donors (Lipinski definition) is 1. The van der Waals surface area contributed by atoms with Gasteiger partial charge in [-0.2, -0.15) is 5.26 Å². The molecule has 0 aromatic carbocycles. The number of ether oxygens (including phenoxy) is 2. The van der Waals surface area contributed by atoms with Crippen LogP contribution in [0.15, 0.2) is 0 Å². The fourth-order valence-electron chi connectivity index (χ4n) is 3.19. The Kier molecular flexibility index (Phi) is 4.44. The molecule has 0 aromatic heterocycles. The second-order valence-corrected chi connectivity index (χ2v) is 6.24. The highest BCUT2D eigenvalue weighted by atomic mass is 16.5. The van der Waals surface area contributed by atoms with E-state index in [1.807, 2.05) is 0 Å². The van der Waals surface area contributed by atoms with E-state index in [1.54, 1.807) is 6.26 Å². The normalized spacial score (nSPS) is 30.1. The third kappa shape index (κ3) is 4.10. The molecule has 0 aliphatic heterocycles. The summed E-state index contributed by atoms with van der Waals surface area (Å²) in [5.74, 6) is 0. The summed E-state index contributed by atoms with van der Waals surface area (Å²) in [5, 5.41) is 11.4. The number of nitriles is 1. The second kappa shape index (κ2) is 5.47. The van der Waals surface area contributed by atoms with E-state index in [0.717, 1.165) is 19.3 Å². The van der Waals surface area contributed by atoms with Crippen molar-refractivity contribution in [3.05, 3.63) is 0 Å². The molecule has 0 saturated heterocycles. The average molecular weight is 254 g/mol. The first-order valence-electron chi connectivity index (χ1n) is 6.17. The van der Waals surface area contributed by atoms with Gasteiger partial charge in [0.15, 0.2) is 0 Å². The molecule has 0 radical (unpaired) electrons. The van der Waals surface area contributed by atoms with Crippen LogP contribution in [0.5, 0.6) is 0 Å². The summed E-state index contributed by atoms with van der Waals surface area (Å²) in [7, 11) is 1.35. The van der Waals surface area contributed by atoms with Crippen LogP contribution in [0.25, 0.3) is 0 Å². The lowest BCUT2D eigenvalue weighted by molar-refractivity contribution is -0.0104. The molecule has 5 nitrogen and oxygen atoms in total.